The van der Waals surface area contributed by atoms with Crippen LogP contribution in [-0.2, 0) is 6.18 Å². The number of alkyl halides is 3. The number of aryl methyl sites for hydroxylation is 1. The molecule has 0 radical (unpaired) electrons. The Balaban J connectivity index is 2.36. The fourth-order valence-corrected chi connectivity index (χ4v) is 1.94. The van der Waals surface area contributed by atoms with Gasteiger partial charge in [-0.15, -0.1) is 0 Å². The Hall–Kier alpha value is -1.46. The summed E-state index contributed by atoms with van der Waals surface area (Å²) in [7, 11) is 0. The first-order chi connectivity index (χ1) is 8.79. The highest BCUT2D eigenvalue weighted by atomic mass is 35.5. The van der Waals surface area contributed by atoms with Crippen molar-refractivity contribution in [3.63, 3.8) is 0 Å². The second-order valence-corrected chi connectivity index (χ2v) is 4.49. The highest BCUT2D eigenvalue weighted by Gasteiger charge is 2.31. The predicted molar refractivity (Wildman–Crippen MR) is 64.0 cm³/mol. The molecule has 1 aromatic heterocycles. The molecule has 0 saturated carbocycles. The average Bonchev–Trinajstić information content (AvgIpc) is 2.73. The Morgan fingerprint density at radius 1 is 1.21 bits per heavy atom. The molecule has 19 heavy (non-hydrogen) atoms. The number of hydrogen-bond acceptors (Lipinski definition) is 2. The second-order valence-electron chi connectivity index (χ2n) is 4.11. The third kappa shape index (κ3) is 2.93. The first-order valence-electron chi connectivity index (χ1n) is 5.40. The summed E-state index contributed by atoms with van der Waals surface area (Å²) < 4.78 is 42.6. The minimum absolute atomic E-state index is 0.110. The molecule has 1 heterocycles. The Labute approximate surface area is 112 Å². The molecule has 1 N–H and O–H groups in total. The molecule has 0 amide bonds. The van der Waals surface area contributed by atoms with E-state index in [4.69, 9.17) is 16.0 Å². The molecule has 102 valence electrons. The zero-order valence-corrected chi connectivity index (χ0v) is 10.6. The van der Waals surface area contributed by atoms with E-state index in [0.29, 0.717) is 11.1 Å². The van der Waals surface area contributed by atoms with Crippen LogP contribution in [0.25, 0.3) is 0 Å². The van der Waals surface area contributed by atoms with Crippen LogP contribution < -0.4 is 0 Å². The molecule has 1 unspecified atom stereocenters. The van der Waals surface area contributed by atoms with E-state index in [1.165, 1.54) is 25.1 Å². The molecule has 0 aliphatic carbocycles. The molecule has 0 aliphatic heterocycles. The monoisotopic (exact) mass is 290 g/mol. The average molecular weight is 291 g/mol. The molecule has 6 heteroatoms. The normalized spacial score (nSPS) is 13.6. The molecule has 2 nitrogen and oxygen atoms in total. The van der Waals surface area contributed by atoms with Gasteiger partial charge in [0.1, 0.15) is 11.9 Å². The van der Waals surface area contributed by atoms with Gasteiger partial charge in [0.25, 0.3) is 0 Å². The van der Waals surface area contributed by atoms with E-state index in [1.807, 2.05) is 0 Å². The van der Waals surface area contributed by atoms with Crippen LogP contribution in [0.5, 0.6) is 0 Å². The number of aliphatic hydroxyl groups is 1. The number of furan rings is 1. The highest BCUT2D eigenvalue weighted by molar-refractivity contribution is 6.28. The molecular formula is C13H10ClF3O2. The van der Waals surface area contributed by atoms with Gasteiger partial charge in [0.2, 0.25) is 0 Å². The van der Waals surface area contributed by atoms with Crippen molar-refractivity contribution < 1.29 is 22.7 Å². The molecule has 0 fully saturated rings. The van der Waals surface area contributed by atoms with Crippen LogP contribution in [0.15, 0.2) is 34.7 Å². The van der Waals surface area contributed by atoms with Crippen LogP contribution in [-0.4, -0.2) is 5.11 Å². The van der Waals surface area contributed by atoms with Gasteiger partial charge in [0.05, 0.1) is 5.56 Å². The lowest BCUT2D eigenvalue weighted by Crippen LogP contribution is -2.07. The number of benzene rings is 1. The molecule has 1 aromatic carbocycles. The fourth-order valence-electron chi connectivity index (χ4n) is 1.79. The van der Waals surface area contributed by atoms with Gasteiger partial charge in [0, 0.05) is 0 Å². The van der Waals surface area contributed by atoms with E-state index >= 15 is 0 Å². The zero-order chi connectivity index (χ0) is 14.2. The van der Waals surface area contributed by atoms with Crippen molar-refractivity contribution >= 4 is 11.6 Å². The zero-order valence-electron chi connectivity index (χ0n) is 9.83. The molecule has 0 spiro atoms. The van der Waals surface area contributed by atoms with Crippen molar-refractivity contribution in [3.05, 3.63) is 58.0 Å². The fraction of sp³-hybridized carbons (Fsp3) is 0.231. The third-order valence-corrected chi connectivity index (χ3v) is 2.96. The van der Waals surface area contributed by atoms with Crippen molar-refractivity contribution in [2.75, 3.05) is 0 Å². The van der Waals surface area contributed by atoms with Crippen molar-refractivity contribution in [1.29, 1.82) is 0 Å². The van der Waals surface area contributed by atoms with Gasteiger partial charge < -0.3 is 9.52 Å². The van der Waals surface area contributed by atoms with E-state index in [2.05, 4.69) is 0 Å². The van der Waals surface area contributed by atoms with Crippen molar-refractivity contribution in [2.45, 2.75) is 19.2 Å². The maximum absolute atomic E-state index is 12.5. The first kappa shape index (κ1) is 14.0. The van der Waals surface area contributed by atoms with Crippen molar-refractivity contribution in [1.82, 2.24) is 0 Å². The topological polar surface area (TPSA) is 33.4 Å². The third-order valence-electron chi connectivity index (χ3n) is 2.76. The van der Waals surface area contributed by atoms with Crippen molar-refractivity contribution in [2.24, 2.45) is 0 Å². The van der Waals surface area contributed by atoms with E-state index in [9.17, 15) is 18.3 Å². The summed E-state index contributed by atoms with van der Waals surface area (Å²) in [6, 6.07) is 6.09. The Bertz CT molecular complexity index is 590. The molecule has 0 bridgehead atoms. The molecular weight excluding hydrogens is 281 g/mol. The standard InChI is InChI=1S/C13H10ClF3O2/c1-7-6-8(13(15,16)17)2-3-9(7)12(18)10-4-5-11(14)19-10/h2-6,12,18H,1H3. The number of hydrogen-bond donors (Lipinski definition) is 1. The van der Waals surface area contributed by atoms with E-state index in [0.717, 1.165) is 12.1 Å². The predicted octanol–water partition coefficient (Wildman–Crippen LogP) is 4.34. The largest absolute Gasteiger partial charge is 0.447 e. The van der Waals surface area contributed by atoms with Gasteiger partial charge in [-0.2, -0.15) is 13.2 Å². The first-order valence-corrected chi connectivity index (χ1v) is 5.78. The minimum Gasteiger partial charge on any atom is -0.447 e. The van der Waals surface area contributed by atoms with Crippen LogP contribution in [0.1, 0.15) is 28.6 Å². The second kappa shape index (κ2) is 4.90. The maximum atomic E-state index is 12.5. The molecule has 2 rings (SSSR count). The summed E-state index contributed by atoms with van der Waals surface area (Å²) in [5.74, 6) is 0.188. The van der Waals surface area contributed by atoms with Gasteiger partial charge >= 0.3 is 6.18 Å². The summed E-state index contributed by atoms with van der Waals surface area (Å²) in [6.45, 7) is 1.50. The van der Waals surface area contributed by atoms with E-state index < -0.39 is 17.8 Å². The van der Waals surface area contributed by atoms with E-state index in [-0.39, 0.29) is 11.0 Å². The lowest BCUT2D eigenvalue weighted by atomic mass is 9.99. The van der Waals surface area contributed by atoms with Gasteiger partial charge in [-0.3, -0.25) is 0 Å². The Morgan fingerprint density at radius 2 is 1.89 bits per heavy atom. The Morgan fingerprint density at radius 3 is 2.37 bits per heavy atom. The number of rotatable bonds is 2. The summed E-state index contributed by atoms with van der Waals surface area (Å²) in [5, 5.41) is 10.2. The summed E-state index contributed by atoms with van der Waals surface area (Å²) in [5.41, 5.74) is -0.0766. The summed E-state index contributed by atoms with van der Waals surface area (Å²) in [6.07, 6.45) is -5.54. The number of aliphatic hydroxyl groups excluding tert-OH is 1. The van der Waals surface area contributed by atoms with E-state index in [1.54, 1.807) is 0 Å². The van der Waals surface area contributed by atoms with Gasteiger partial charge in [-0.25, -0.2) is 0 Å². The van der Waals surface area contributed by atoms with Crippen LogP contribution >= 0.6 is 11.6 Å². The smallest absolute Gasteiger partial charge is 0.416 e. The lowest BCUT2D eigenvalue weighted by molar-refractivity contribution is -0.137. The van der Waals surface area contributed by atoms with Crippen LogP contribution in [0.4, 0.5) is 13.2 Å². The molecule has 0 saturated heterocycles. The van der Waals surface area contributed by atoms with Crippen LogP contribution in [0, 0.1) is 6.92 Å². The molecule has 0 aliphatic rings. The Kier molecular flexibility index (Phi) is 3.60. The van der Waals surface area contributed by atoms with Gasteiger partial charge in [0.15, 0.2) is 5.22 Å². The van der Waals surface area contributed by atoms with Crippen LogP contribution in [0.3, 0.4) is 0 Å². The SMILES string of the molecule is Cc1cc(C(F)(F)F)ccc1C(O)c1ccc(Cl)o1. The van der Waals surface area contributed by atoms with Gasteiger partial charge in [-0.05, 0) is 53.9 Å². The lowest BCUT2D eigenvalue weighted by Gasteiger charge is -2.14. The molecule has 2 aromatic rings. The van der Waals surface area contributed by atoms with Crippen LogP contribution in [0.2, 0.25) is 5.22 Å². The minimum atomic E-state index is -4.40. The number of halogens is 4. The molecule has 1 atom stereocenters. The summed E-state index contributed by atoms with van der Waals surface area (Å²) >= 11 is 5.59. The van der Waals surface area contributed by atoms with Gasteiger partial charge in [-0.1, -0.05) is 6.07 Å². The van der Waals surface area contributed by atoms with Crippen molar-refractivity contribution in [3.8, 4) is 0 Å². The maximum Gasteiger partial charge on any atom is 0.416 e. The quantitative estimate of drug-likeness (QED) is 0.892. The highest BCUT2D eigenvalue weighted by Crippen LogP contribution is 2.33. The summed E-state index contributed by atoms with van der Waals surface area (Å²) in [4.78, 5) is 0.